The predicted molar refractivity (Wildman–Crippen MR) is 111 cm³/mol. The molecule has 3 aromatic carbocycles. The maximum Gasteiger partial charge on any atom is 0.244 e. The number of carbonyl (C=O) groups is 1. The first kappa shape index (κ1) is 17.5. The van der Waals surface area contributed by atoms with Crippen molar-refractivity contribution in [3.63, 3.8) is 0 Å². The number of aromatic nitrogens is 2. The highest BCUT2D eigenvalue weighted by molar-refractivity contribution is 5.80. The second-order valence-electron chi connectivity index (χ2n) is 7.28. The van der Waals surface area contributed by atoms with Gasteiger partial charge in [-0.15, -0.1) is 0 Å². The fourth-order valence-corrected chi connectivity index (χ4v) is 3.78. The normalized spacial score (nSPS) is 16.1. The Morgan fingerprint density at radius 3 is 2.59 bits per heavy atom. The lowest BCUT2D eigenvalue weighted by Gasteiger charge is -2.24. The van der Waals surface area contributed by atoms with Crippen molar-refractivity contribution in [1.82, 2.24) is 14.7 Å². The summed E-state index contributed by atoms with van der Waals surface area (Å²) in [5.41, 5.74) is 2.98. The highest BCUT2D eigenvalue weighted by Gasteiger charge is 2.27. The summed E-state index contributed by atoms with van der Waals surface area (Å²) in [6, 6.07) is 25.9. The summed E-state index contributed by atoms with van der Waals surface area (Å²) in [5, 5.41) is 5.56. The van der Waals surface area contributed by atoms with Crippen LogP contribution in [0.5, 0.6) is 5.75 Å². The van der Waals surface area contributed by atoms with Crippen molar-refractivity contribution < 1.29 is 9.53 Å². The minimum Gasteiger partial charge on any atom is -0.484 e. The van der Waals surface area contributed by atoms with Crippen molar-refractivity contribution in [2.75, 3.05) is 6.54 Å². The Morgan fingerprint density at radius 2 is 1.72 bits per heavy atom. The third-order valence-corrected chi connectivity index (χ3v) is 5.27. The van der Waals surface area contributed by atoms with Crippen LogP contribution in [0.1, 0.15) is 17.2 Å². The number of benzene rings is 3. The second-order valence-corrected chi connectivity index (χ2v) is 7.28. The van der Waals surface area contributed by atoms with E-state index in [0.717, 1.165) is 27.8 Å². The number of ether oxygens (including phenoxy) is 1. The second kappa shape index (κ2) is 7.43. The van der Waals surface area contributed by atoms with Crippen molar-refractivity contribution in [1.29, 1.82) is 0 Å². The number of carbonyl (C=O) groups excluding carboxylic acids is 1. The van der Waals surface area contributed by atoms with Gasteiger partial charge >= 0.3 is 0 Å². The first-order valence-electron chi connectivity index (χ1n) is 9.76. The molecule has 0 saturated heterocycles. The average Bonchev–Trinajstić information content (AvgIpc) is 3.05. The SMILES string of the molecule is O=C(Cn1cc2ccccc2n1)N1Cc2ccccc2OC(c2ccccc2)C1. The van der Waals surface area contributed by atoms with E-state index in [4.69, 9.17) is 4.74 Å². The zero-order valence-corrected chi connectivity index (χ0v) is 15.9. The molecular formula is C24H21N3O2. The van der Waals surface area contributed by atoms with Gasteiger partial charge in [0, 0.05) is 23.7 Å². The van der Waals surface area contributed by atoms with E-state index in [1.54, 1.807) is 4.68 Å². The molecule has 144 valence electrons. The molecule has 1 aliphatic heterocycles. The predicted octanol–water partition coefficient (Wildman–Crippen LogP) is 4.20. The topological polar surface area (TPSA) is 47.4 Å². The molecule has 5 rings (SSSR count). The van der Waals surface area contributed by atoms with E-state index in [-0.39, 0.29) is 18.6 Å². The van der Waals surface area contributed by atoms with E-state index in [1.807, 2.05) is 90.0 Å². The number of rotatable bonds is 3. The number of nitrogens with zero attached hydrogens (tertiary/aromatic N) is 3. The smallest absolute Gasteiger partial charge is 0.244 e. The maximum atomic E-state index is 13.2. The summed E-state index contributed by atoms with van der Waals surface area (Å²) in [6.07, 6.45) is 1.71. The van der Waals surface area contributed by atoms with E-state index in [0.29, 0.717) is 13.1 Å². The largest absolute Gasteiger partial charge is 0.484 e. The van der Waals surface area contributed by atoms with Crippen LogP contribution in [-0.2, 0) is 17.9 Å². The van der Waals surface area contributed by atoms with Gasteiger partial charge in [0.1, 0.15) is 18.4 Å². The molecule has 0 radical (unpaired) electrons. The molecule has 5 heteroatoms. The third-order valence-electron chi connectivity index (χ3n) is 5.27. The number of hydrogen-bond donors (Lipinski definition) is 0. The monoisotopic (exact) mass is 383 g/mol. The first-order valence-corrected chi connectivity index (χ1v) is 9.76. The quantitative estimate of drug-likeness (QED) is 0.533. The number of para-hydroxylation sites is 1. The van der Waals surface area contributed by atoms with Gasteiger partial charge in [0.2, 0.25) is 5.91 Å². The van der Waals surface area contributed by atoms with Gasteiger partial charge in [0.25, 0.3) is 0 Å². The van der Waals surface area contributed by atoms with Crippen LogP contribution in [0.15, 0.2) is 85.1 Å². The lowest BCUT2D eigenvalue weighted by Crippen LogP contribution is -2.36. The van der Waals surface area contributed by atoms with Crippen LogP contribution in [0.4, 0.5) is 0 Å². The fourth-order valence-electron chi connectivity index (χ4n) is 3.78. The summed E-state index contributed by atoms with van der Waals surface area (Å²) in [4.78, 5) is 15.1. The Balaban J connectivity index is 1.43. The minimum absolute atomic E-state index is 0.0269. The average molecular weight is 383 g/mol. The molecule has 0 N–H and O–H groups in total. The molecule has 0 aliphatic carbocycles. The van der Waals surface area contributed by atoms with Gasteiger partial charge in [-0.05, 0) is 17.7 Å². The molecule has 1 aliphatic rings. The molecule has 0 spiro atoms. The molecule has 2 heterocycles. The van der Waals surface area contributed by atoms with Gasteiger partial charge in [-0.1, -0.05) is 66.7 Å². The van der Waals surface area contributed by atoms with Gasteiger partial charge in [-0.25, -0.2) is 0 Å². The van der Waals surface area contributed by atoms with Crippen LogP contribution in [0.3, 0.4) is 0 Å². The van der Waals surface area contributed by atoms with Crippen molar-refractivity contribution in [2.45, 2.75) is 19.2 Å². The maximum absolute atomic E-state index is 13.2. The van der Waals surface area contributed by atoms with E-state index >= 15 is 0 Å². The summed E-state index contributed by atoms with van der Waals surface area (Å²) in [6.45, 7) is 1.23. The molecule has 29 heavy (non-hydrogen) atoms. The van der Waals surface area contributed by atoms with Crippen LogP contribution in [0, 0.1) is 0 Å². The van der Waals surface area contributed by atoms with Crippen LogP contribution < -0.4 is 4.74 Å². The minimum atomic E-state index is -0.208. The van der Waals surface area contributed by atoms with Crippen LogP contribution in [0.2, 0.25) is 0 Å². The van der Waals surface area contributed by atoms with Gasteiger partial charge in [0.05, 0.1) is 12.1 Å². The van der Waals surface area contributed by atoms with Crippen molar-refractivity contribution >= 4 is 16.8 Å². The van der Waals surface area contributed by atoms with Gasteiger partial charge < -0.3 is 9.64 Å². The Kier molecular flexibility index (Phi) is 4.48. The van der Waals surface area contributed by atoms with Gasteiger partial charge in [-0.3, -0.25) is 9.48 Å². The van der Waals surface area contributed by atoms with Crippen LogP contribution in [0.25, 0.3) is 10.9 Å². The van der Waals surface area contributed by atoms with Gasteiger partial charge in [-0.2, -0.15) is 5.10 Å². The Hall–Kier alpha value is -3.60. The zero-order chi connectivity index (χ0) is 19.6. The van der Waals surface area contributed by atoms with Crippen molar-refractivity contribution in [2.24, 2.45) is 0 Å². The molecule has 1 unspecified atom stereocenters. The molecule has 5 nitrogen and oxygen atoms in total. The first-order chi connectivity index (χ1) is 14.3. The number of fused-ring (bicyclic) bond motifs is 2. The molecule has 1 aromatic heterocycles. The molecule has 0 fully saturated rings. The Bertz CT molecular complexity index is 1120. The highest BCUT2D eigenvalue weighted by Crippen LogP contribution is 2.31. The Labute approximate surface area is 169 Å². The van der Waals surface area contributed by atoms with E-state index in [1.165, 1.54) is 0 Å². The van der Waals surface area contributed by atoms with Crippen molar-refractivity contribution in [3.05, 3.63) is 96.2 Å². The third kappa shape index (κ3) is 3.59. The lowest BCUT2D eigenvalue weighted by atomic mass is 10.1. The summed E-state index contributed by atoms with van der Waals surface area (Å²) in [5.74, 6) is 0.862. The molecule has 0 bridgehead atoms. The molecule has 4 aromatic rings. The van der Waals surface area contributed by atoms with Gasteiger partial charge in [0.15, 0.2) is 0 Å². The van der Waals surface area contributed by atoms with E-state index in [2.05, 4.69) is 5.10 Å². The number of amides is 1. The Morgan fingerprint density at radius 1 is 0.966 bits per heavy atom. The van der Waals surface area contributed by atoms with E-state index in [9.17, 15) is 4.79 Å². The zero-order valence-electron chi connectivity index (χ0n) is 15.9. The fraction of sp³-hybridized carbons (Fsp3) is 0.167. The standard InChI is InChI=1S/C24H21N3O2/c28-24(17-27-15-19-10-4-6-12-21(19)25-27)26-14-20-11-5-7-13-22(20)29-23(16-26)18-8-2-1-3-9-18/h1-13,15,23H,14,16-17H2. The molecular weight excluding hydrogens is 362 g/mol. The van der Waals surface area contributed by atoms with Crippen molar-refractivity contribution in [3.8, 4) is 5.75 Å². The molecule has 1 atom stereocenters. The summed E-state index contributed by atoms with van der Waals surface area (Å²) in [7, 11) is 0. The number of hydrogen-bond acceptors (Lipinski definition) is 3. The lowest BCUT2D eigenvalue weighted by molar-refractivity contribution is -0.133. The molecule has 0 saturated carbocycles. The van der Waals surface area contributed by atoms with Crippen LogP contribution in [-0.4, -0.2) is 27.1 Å². The van der Waals surface area contributed by atoms with E-state index < -0.39 is 0 Å². The van der Waals surface area contributed by atoms with Crippen LogP contribution >= 0.6 is 0 Å². The summed E-state index contributed by atoms with van der Waals surface area (Å²) < 4.78 is 8.03. The molecule has 1 amide bonds. The summed E-state index contributed by atoms with van der Waals surface area (Å²) >= 11 is 0. The highest BCUT2D eigenvalue weighted by atomic mass is 16.5.